The Labute approximate surface area is 173 Å². The van der Waals surface area contributed by atoms with Gasteiger partial charge in [-0.1, -0.05) is 48.9 Å². The van der Waals surface area contributed by atoms with E-state index in [1.165, 1.54) is 12.1 Å². The molecule has 0 saturated carbocycles. The Kier molecular flexibility index (Phi) is 5.24. The average molecular weight is 411 g/mol. The number of nitrogens with one attached hydrogen (secondary N) is 1. The van der Waals surface area contributed by atoms with Crippen molar-refractivity contribution < 1.29 is 14.0 Å². The first-order chi connectivity index (χ1) is 14.0. The van der Waals surface area contributed by atoms with Crippen LogP contribution < -0.4 is 5.32 Å². The molecule has 6 heteroatoms. The van der Waals surface area contributed by atoms with Gasteiger partial charge in [-0.25, -0.2) is 4.39 Å². The van der Waals surface area contributed by atoms with Gasteiger partial charge in [0.05, 0.1) is 0 Å². The first kappa shape index (κ1) is 19.4. The summed E-state index contributed by atoms with van der Waals surface area (Å²) in [5.74, 6) is -0.712. The van der Waals surface area contributed by atoms with E-state index in [0.717, 1.165) is 16.3 Å². The maximum atomic E-state index is 13.9. The predicted octanol–water partition coefficient (Wildman–Crippen LogP) is 4.65. The van der Waals surface area contributed by atoms with Crippen LogP contribution in [0.2, 0.25) is 5.02 Å². The molecule has 4 nitrogen and oxygen atoms in total. The molecule has 2 amide bonds. The monoisotopic (exact) mass is 410 g/mol. The molecule has 1 heterocycles. The molecule has 29 heavy (non-hydrogen) atoms. The number of halogens is 2. The maximum absolute atomic E-state index is 13.9. The highest BCUT2D eigenvalue weighted by Crippen LogP contribution is 2.33. The summed E-state index contributed by atoms with van der Waals surface area (Å²) in [6.07, 6.45) is 0.551. The minimum absolute atomic E-state index is 0.123. The summed E-state index contributed by atoms with van der Waals surface area (Å²) in [6.45, 7) is 2.81. The van der Waals surface area contributed by atoms with E-state index in [-0.39, 0.29) is 11.8 Å². The van der Waals surface area contributed by atoms with E-state index in [1.807, 2.05) is 37.3 Å². The second kappa shape index (κ2) is 7.84. The van der Waals surface area contributed by atoms with Crippen molar-refractivity contribution in [3.8, 4) is 11.1 Å². The number of amides is 2. The van der Waals surface area contributed by atoms with E-state index >= 15 is 0 Å². The number of nitrogens with zero attached hydrogens (tertiary/aromatic N) is 1. The smallest absolute Gasteiger partial charge is 0.255 e. The standard InChI is InChI=1S/C23H20ClFN2O2/c1-2-21-22(28)26-9-10-27(21)23(29)20-8-7-17(18-5-3-4-6-19(18)20)14-11-15(24)13-16(25)12-14/h3-8,11-13,21H,2,9-10H2,1H3,(H,26,28). The van der Waals surface area contributed by atoms with Gasteiger partial charge in [-0.05, 0) is 52.6 Å². The molecule has 1 atom stereocenters. The van der Waals surface area contributed by atoms with E-state index < -0.39 is 11.9 Å². The minimum atomic E-state index is -0.475. The summed E-state index contributed by atoms with van der Waals surface area (Å²) in [6, 6.07) is 15.0. The Morgan fingerprint density at radius 3 is 2.66 bits per heavy atom. The molecule has 1 aliphatic rings. The SMILES string of the molecule is CCC1C(=O)NCCN1C(=O)c1ccc(-c2cc(F)cc(Cl)c2)c2ccccc12. The molecular weight excluding hydrogens is 391 g/mol. The minimum Gasteiger partial charge on any atom is -0.353 e. The Hall–Kier alpha value is -2.92. The molecule has 0 radical (unpaired) electrons. The van der Waals surface area contributed by atoms with Crippen molar-refractivity contribution in [1.82, 2.24) is 10.2 Å². The van der Waals surface area contributed by atoms with Crippen LogP contribution in [0, 0.1) is 5.82 Å². The Morgan fingerprint density at radius 1 is 1.17 bits per heavy atom. The lowest BCUT2D eigenvalue weighted by Gasteiger charge is -2.34. The van der Waals surface area contributed by atoms with Crippen molar-refractivity contribution in [3.63, 3.8) is 0 Å². The molecular formula is C23H20ClFN2O2. The van der Waals surface area contributed by atoms with Crippen LogP contribution in [0.4, 0.5) is 4.39 Å². The largest absolute Gasteiger partial charge is 0.353 e. The van der Waals surface area contributed by atoms with Crippen LogP contribution in [-0.4, -0.2) is 35.8 Å². The van der Waals surface area contributed by atoms with Crippen molar-refractivity contribution in [2.45, 2.75) is 19.4 Å². The van der Waals surface area contributed by atoms with Gasteiger partial charge in [0, 0.05) is 23.7 Å². The number of hydrogen-bond acceptors (Lipinski definition) is 2. The average Bonchev–Trinajstić information content (AvgIpc) is 2.71. The third-order valence-electron chi connectivity index (χ3n) is 5.31. The Morgan fingerprint density at radius 2 is 1.93 bits per heavy atom. The maximum Gasteiger partial charge on any atom is 0.255 e. The van der Waals surface area contributed by atoms with Gasteiger partial charge in [0.15, 0.2) is 0 Å². The van der Waals surface area contributed by atoms with Gasteiger partial charge in [-0.3, -0.25) is 9.59 Å². The third kappa shape index (κ3) is 3.58. The highest BCUT2D eigenvalue weighted by Gasteiger charge is 2.32. The van der Waals surface area contributed by atoms with Crippen molar-refractivity contribution in [2.24, 2.45) is 0 Å². The quantitative estimate of drug-likeness (QED) is 0.683. The van der Waals surface area contributed by atoms with Crippen LogP contribution in [0.3, 0.4) is 0 Å². The lowest BCUT2D eigenvalue weighted by Crippen LogP contribution is -2.56. The fourth-order valence-electron chi connectivity index (χ4n) is 3.96. The van der Waals surface area contributed by atoms with E-state index in [0.29, 0.717) is 35.7 Å². The molecule has 4 rings (SSSR count). The fourth-order valence-corrected chi connectivity index (χ4v) is 4.19. The summed E-state index contributed by atoms with van der Waals surface area (Å²) in [7, 11) is 0. The Bertz CT molecular complexity index is 1090. The van der Waals surface area contributed by atoms with Gasteiger partial charge in [0.1, 0.15) is 11.9 Å². The molecule has 3 aromatic rings. The lowest BCUT2D eigenvalue weighted by molar-refractivity contribution is -0.127. The number of carbonyl (C=O) groups excluding carboxylic acids is 2. The molecule has 1 saturated heterocycles. The van der Waals surface area contributed by atoms with E-state index in [9.17, 15) is 14.0 Å². The Balaban J connectivity index is 1.83. The first-order valence-corrected chi connectivity index (χ1v) is 9.94. The highest BCUT2D eigenvalue weighted by atomic mass is 35.5. The second-order valence-corrected chi connectivity index (χ2v) is 7.51. The summed E-state index contributed by atoms with van der Waals surface area (Å²) in [5, 5.41) is 4.72. The van der Waals surface area contributed by atoms with Crippen molar-refractivity contribution in [1.29, 1.82) is 0 Å². The molecule has 1 fully saturated rings. The molecule has 0 aliphatic carbocycles. The summed E-state index contributed by atoms with van der Waals surface area (Å²) < 4.78 is 13.9. The van der Waals surface area contributed by atoms with Gasteiger partial charge in [-0.15, -0.1) is 0 Å². The third-order valence-corrected chi connectivity index (χ3v) is 5.52. The zero-order valence-corrected chi connectivity index (χ0v) is 16.7. The van der Waals surface area contributed by atoms with Crippen molar-refractivity contribution >= 4 is 34.2 Å². The zero-order chi connectivity index (χ0) is 20.5. The zero-order valence-electron chi connectivity index (χ0n) is 15.9. The number of hydrogen-bond donors (Lipinski definition) is 1. The molecule has 0 bridgehead atoms. The number of rotatable bonds is 3. The summed E-state index contributed by atoms with van der Waals surface area (Å²) in [4.78, 5) is 27.2. The molecule has 148 valence electrons. The van der Waals surface area contributed by atoms with Crippen LogP contribution in [0.1, 0.15) is 23.7 Å². The van der Waals surface area contributed by atoms with Crippen LogP contribution in [0.25, 0.3) is 21.9 Å². The van der Waals surface area contributed by atoms with E-state index in [1.54, 1.807) is 17.0 Å². The predicted molar refractivity (Wildman–Crippen MR) is 112 cm³/mol. The number of benzene rings is 3. The lowest BCUT2D eigenvalue weighted by atomic mass is 9.94. The highest BCUT2D eigenvalue weighted by molar-refractivity contribution is 6.31. The molecule has 0 aromatic heterocycles. The number of fused-ring (bicyclic) bond motifs is 1. The van der Waals surface area contributed by atoms with Crippen LogP contribution >= 0.6 is 11.6 Å². The summed E-state index contributed by atoms with van der Waals surface area (Å²) >= 11 is 6.04. The van der Waals surface area contributed by atoms with Gasteiger partial charge in [0.2, 0.25) is 5.91 Å². The molecule has 1 unspecified atom stereocenters. The van der Waals surface area contributed by atoms with Crippen molar-refractivity contribution in [2.75, 3.05) is 13.1 Å². The molecule has 3 aromatic carbocycles. The van der Waals surface area contributed by atoms with Crippen LogP contribution in [0.15, 0.2) is 54.6 Å². The van der Waals surface area contributed by atoms with E-state index in [4.69, 9.17) is 11.6 Å². The van der Waals surface area contributed by atoms with Gasteiger partial charge >= 0.3 is 0 Å². The number of piperazine rings is 1. The topological polar surface area (TPSA) is 49.4 Å². The second-order valence-electron chi connectivity index (χ2n) is 7.08. The van der Waals surface area contributed by atoms with Gasteiger partial charge < -0.3 is 10.2 Å². The normalized spacial score (nSPS) is 16.7. The van der Waals surface area contributed by atoms with E-state index in [2.05, 4.69) is 5.32 Å². The summed E-state index contributed by atoms with van der Waals surface area (Å²) in [5.41, 5.74) is 1.97. The van der Waals surface area contributed by atoms with Crippen LogP contribution in [-0.2, 0) is 4.79 Å². The molecule has 1 N–H and O–H groups in total. The van der Waals surface area contributed by atoms with Gasteiger partial charge in [-0.2, -0.15) is 0 Å². The van der Waals surface area contributed by atoms with Crippen LogP contribution in [0.5, 0.6) is 0 Å². The van der Waals surface area contributed by atoms with Crippen molar-refractivity contribution in [3.05, 3.63) is 71.0 Å². The van der Waals surface area contributed by atoms with Gasteiger partial charge in [0.25, 0.3) is 5.91 Å². The molecule has 1 aliphatic heterocycles. The number of carbonyl (C=O) groups is 2. The molecule has 0 spiro atoms. The fraction of sp³-hybridized carbons (Fsp3) is 0.217. The first-order valence-electron chi connectivity index (χ1n) is 9.56.